The van der Waals surface area contributed by atoms with E-state index in [9.17, 15) is 0 Å². The molecule has 1 aliphatic carbocycles. The lowest BCUT2D eigenvalue weighted by Gasteiger charge is -2.11. The Labute approximate surface area is 130 Å². The predicted molar refractivity (Wildman–Crippen MR) is 89.8 cm³/mol. The number of hydrogen-bond donors (Lipinski definition) is 2. The van der Waals surface area contributed by atoms with Crippen LogP contribution < -0.4 is 10.6 Å². The third kappa shape index (κ3) is 3.85. The maximum absolute atomic E-state index is 4.28. The molecule has 1 aromatic heterocycles. The van der Waals surface area contributed by atoms with Gasteiger partial charge in [-0.1, -0.05) is 36.4 Å². The molecular weight excluding hydrogens is 278 g/mol. The second-order valence-electron chi connectivity index (χ2n) is 5.40. The van der Waals surface area contributed by atoms with Crippen molar-refractivity contribution in [2.75, 3.05) is 13.6 Å². The average molecular weight is 299 g/mol. The molecule has 0 amide bonds. The molecule has 4 heteroatoms. The fourth-order valence-electron chi connectivity index (χ4n) is 2.61. The van der Waals surface area contributed by atoms with Crippen LogP contribution in [0.15, 0.2) is 52.8 Å². The summed E-state index contributed by atoms with van der Waals surface area (Å²) in [5, 5.41) is 8.89. The highest BCUT2D eigenvalue weighted by Crippen LogP contribution is 2.46. The molecule has 2 aromatic rings. The van der Waals surface area contributed by atoms with Crippen molar-refractivity contribution < 1.29 is 0 Å². The number of rotatable bonds is 5. The van der Waals surface area contributed by atoms with Crippen molar-refractivity contribution in [3.63, 3.8) is 0 Å². The SMILES string of the molecule is CN=C(NCc1cccs1)NCC1CC1c1ccccc1. The standard InChI is InChI=1S/C17H21N3S/c1-18-17(20-12-15-8-5-9-21-15)19-11-14-10-16(14)13-6-3-2-4-7-13/h2-9,14,16H,10-12H2,1H3,(H2,18,19,20). The first-order valence-electron chi connectivity index (χ1n) is 7.38. The zero-order valence-electron chi connectivity index (χ0n) is 12.3. The molecule has 2 unspecified atom stereocenters. The van der Waals surface area contributed by atoms with Gasteiger partial charge in [0.25, 0.3) is 0 Å². The Balaban J connectivity index is 1.42. The van der Waals surface area contributed by atoms with Gasteiger partial charge in [-0.2, -0.15) is 0 Å². The summed E-state index contributed by atoms with van der Waals surface area (Å²) in [6.07, 6.45) is 1.28. The lowest BCUT2D eigenvalue weighted by molar-refractivity contribution is 0.720. The minimum absolute atomic E-state index is 0.717. The summed E-state index contributed by atoms with van der Waals surface area (Å²) in [6, 6.07) is 15.0. The van der Waals surface area contributed by atoms with E-state index in [1.54, 1.807) is 11.3 Å². The molecule has 1 heterocycles. The van der Waals surface area contributed by atoms with Gasteiger partial charge in [0.1, 0.15) is 0 Å². The first kappa shape index (κ1) is 14.1. The lowest BCUT2D eigenvalue weighted by Crippen LogP contribution is -2.37. The molecule has 1 fully saturated rings. The topological polar surface area (TPSA) is 36.4 Å². The zero-order valence-corrected chi connectivity index (χ0v) is 13.1. The van der Waals surface area contributed by atoms with Crippen molar-refractivity contribution >= 4 is 17.3 Å². The molecule has 1 aliphatic rings. The minimum Gasteiger partial charge on any atom is -0.356 e. The molecule has 3 rings (SSSR count). The van der Waals surface area contributed by atoms with Crippen LogP contribution in [0.2, 0.25) is 0 Å². The van der Waals surface area contributed by atoms with Crippen LogP contribution in [-0.4, -0.2) is 19.6 Å². The Morgan fingerprint density at radius 1 is 1.19 bits per heavy atom. The lowest BCUT2D eigenvalue weighted by atomic mass is 10.1. The van der Waals surface area contributed by atoms with Crippen molar-refractivity contribution in [2.24, 2.45) is 10.9 Å². The number of aliphatic imine (C=N–C) groups is 1. The van der Waals surface area contributed by atoms with Crippen molar-refractivity contribution in [1.29, 1.82) is 0 Å². The quantitative estimate of drug-likeness (QED) is 0.657. The van der Waals surface area contributed by atoms with E-state index in [0.29, 0.717) is 5.92 Å². The molecule has 0 bridgehead atoms. The highest BCUT2D eigenvalue weighted by molar-refractivity contribution is 7.09. The molecule has 0 radical (unpaired) electrons. The van der Waals surface area contributed by atoms with Gasteiger partial charge < -0.3 is 10.6 Å². The third-order valence-electron chi connectivity index (χ3n) is 3.92. The van der Waals surface area contributed by atoms with Crippen molar-refractivity contribution in [3.05, 3.63) is 58.3 Å². The van der Waals surface area contributed by atoms with Crippen LogP contribution in [0.4, 0.5) is 0 Å². The monoisotopic (exact) mass is 299 g/mol. The van der Waals surface area contributed by atoms with Crippen LogP contribution >= 0.6 is 11.3 Å². The number of thiophene rings is 1. The Kier molecular flexibility index (Phi) is 4.55. The van der Waals surface area contributed by atoms with Crippen LogP contribution in [0.1, 0.15) is 22.8 Å². The van der Waals surface area contributed by atoms with E-state index in [4.69, 9.17) is 0 Å². The van der Waals surface area contributed by atoms with E-state index in [1.165, 1.54) is 16.9 Å². The van der Waals surface area contributed by atoms with E-state index in [-0.39, 0.29) is 0 Å². The van der Waals surface area contributed by atoms with Gasteiger partial charge in [-0.05, 0) is 35.3 Å². The summed E-state index contributed by atoms with van der Waals surface area (Å²) in [7, 11) is 1.82. The molecule has 2 atom stereocenters. The van der Waals surface area contributed by atoms with Gasteiger partial charge in [0.2, 0.25) is 0 Å². The molecule has 21 heavy (non-hydrogen) atoms. The summed E-state index contributed by atoms with van der Waals surface area (Å²) in [5.74, 6) is 2.34. The Hall–Kier alpha value is -1.81. The molecule has 2 N–H and O–H groups in total. The molecular formula is C17H21N3S. The van der Waals surface area contributed by atoms with Crippen molar-refractivity contribution in [1.82, 2.24) is 10.6 Å². The highest BCUT2D eigenvalue weighted by Gasteiger charge is 2.37. The van der Waals surface area contributed by atoms with E-state index >= 15 is 0 Å². The van der Waals surface area contributed by atoms with Crippen molar-refractivity contribution in [2.45, 2.75) is 18.9 Å². The molecule has 0 spiro atoms. The molecule has 0 aliphatic heterocycles. The maximum atomic E-state index is 4.28. The predicted octanol–water partition coefficient (Wildman–Crippen LogP) is 3.22. The number of nitrogens with one attached hydrogen (secondary N) is 2. The van der Waals surface area contributed by atoms with Gasteiger partial charge in [0.15, 0.2) is 5.96 Å². The Morgan fingerprint density at radius 2 is 2.05 bits per heavy atom. The van der Waals surface area contributed by atoms with Crippen LogP contribution in [-0.2, 0) is 6.54 Å². The molecule has 1 aromatic carbocycles. The normalized spacial score (nSPS) is 21.1. The average Bonchev–Trinajstić information content (AvgIpc) is 3.12. The summed E-state index contributed by atoms with van der Waals surface area (Å²) in [4.78, 5) is 5.61. The van der Waals surface area contributed by atoms with Gasteiger partial charge in [-0.3, -0.25) is 4.99 Å². The number of nitrogens with zero attached hydrogens (tertiary/aromatic N) is 1. The van der Waals surface area contributed by atoms with E-state index in [2.05, 4.69) is 63.5 Å². The van der Waals surface area contributed by atoms with Gasteiger partial charge in [0, 0.05) is 18.5 Å². The summed E-state index contributed by atoms with van der Waals surface area (Å²) in [6.45, 7) is 1.83. The number of guanidine groups is 1. The first-order chi connectivity index (χ1) is 10.4. The highest BCUT2D eigenvalue weighted by atomic mass is 32.1. The fourth-order valence-corrected chi connectivity index (χ4v) is 3.26. The second-order valence-corrected chi connectivity index (χ2v) is 6.43. The molecule has 110 valence electrons. The summed E-state index contributed by atoms with van der Waals surface area (Å²) >= 11 is 1.76. The fraction of sp³-hybridized carbons (Fsp3) is 0.353. The smallest absolute Gasteiger partial charge is 0.191 e. The van der Waals surface area contributed by atoms with E-state index < -0.39 is 0 Å². The summed E-state index contributed by atoms with van der Waals surface area (Å²) in [5.41, 5.74) is 1.46. The van der Waals surface area contributed by atoms with Gasteiger partial charge in [-0.25, -0.2) is 0 Å². The zero-order chi connectivity index (χ0) is 14.5. The second kappa shape index (κ2) is 6.76. The van der Waals surface area contributed by atoms with E-state index in [1.807, 2.05) is 7.05 Å². The molecule has 3 nitrogen and oxygen atoms in total. The van der Waals surface area contributed by atoms with Gasteiger partial charge >= 0.3 is 0 Å². The van der Waals surface area contributed by atoms with E-state index in [0.717, 1.165) is 25.0 Å². The third-order valence-corrected chi connectivity index (χ3v) is 4.79. The van der Waals surface area contributed by atoms with Crippen LogP contribution in [0.3, 0.4) is 0 Å². The Bertz CT molecular complexity index is 577. The van der Waals surface area contributed by atoms with Gasteiger partial charge in [0.05, 0.1) is 6.54 Å². The van der Waals surface area contributed by atoms with Crippen LogP contribution in [0, 0.1) is 5.92 Å². The maximum Gasteiger partial charge on any atom is 0.191 e. The first-order valence-corrected chi connectivity index (χ1v) is 8.26. The molecule has 1 saturated carbocycles. The number of benzene rings is 1. The van der Waals surface area contributed by atoms with Crippen LogP contribution in [0.5, 0.6) is 0 Å². The summed E-state index contributed by atoms with van der Waals surface area (Å²) < 4.78 is 0. The minimum atomic E-state index is 0.717. The molecule has 0 saturated heterocycles. The van der Waals surface area contributed by atoms with Crippen LogP contribution in [0.25, 0.3) is 0 Å². The Morgan fingerprint density at radius 3 is 2.76 bits per heavy atom. The van der Waals surface area contributed by atoms with Crippen molar-refractivity contribution in [3.8, 4) is 0 Å². The number of hydrogen-bond acceptors (Lipinski definition) is 2. The van der Waals surface area contributed by atoms with Gasteiger partial charge in [-0.15, -0.1) is 11.3 Å². The largest absolute Gasteiger partial charge is 0.356 e.